The molecule has 142 valence electrons. The lowest BCUT2D eigenvalue weighted by atomic mass is 9.97. The number of aliphatic hydroxyl groups excluding tert-OH is 1. The highest BCUT2D eigenvalue weighted by Crippen LogP contribution is 2.33. The average molecular weight is 358 g/mol. The Kier molecular flexibility index (Phi) is 6.98. The van der Waals surface area contributed by atoms with Gasteiger partial charge in [0, 0.05) is 20.1 Å². The second-order valence-corrected chi connectivity index (χ2v) is 7.01. The fraction of sp³-hybridized carbons (Fsp3) is 0.524. The molecule has 0 saturated heterocycles. The van der Waals surface area contributed by atoms with Gasteiger partial charge >= 0.3 is 0 Å². The van der Waals surface area contributed by atoms with Gasteiger partial charge in [-0.1, -0.05) is 49.9 Å². The van der Waals surface area contributed by atoms with Gasteiger partial charge < -0.3 is 10.0 Å². The minimum Gasteiger partial charge on any atom is -0.395 e. The number of carbonyl (C=O) groups is 2. The van der Waals surface area contributed by atoms with Crippen LogP contribution in [0.4, 0.5) is 0 Å². The van der Waals surface area contributed by atoms with E-state index in [0.717, 1.165) is 42.4 Å². The minimum absolute atomic E-state index is 0.0713. The van der Waals surface area contributed by atoms with E-state index in [-0.39, 0.29) is 18.4 Å². The standard InChI is InChI=1S/C21H30N2O3/c1-5-6-7-8-11-23-20(25)18(17-10-9-15(2)14-16(17)3)19(21(23)26)22(4)12-13-24/h9-10,14,24H,5-8,11-13H2,1-4H3. The van der Waals surface area contributed by atoms with E-state index in [1.807, 2.05) is 32.0 Å². The highest BCUT2D eigenvalue weighted by atomic mass is 16.3. The van der Waals surface area contributed by atoms with Gasteiger partial charge in [0.2, 0.25) is 0 Å². The lowest BCUT2D eigenvalue weighted by Crippen LogP contribution is -2.35. The fourth-order valence-corrected chi connectivity index (χ4v) is 3.42. The van der Waals surface area contributed by atoms with Gasteiger partial charge in [-0.25, -0.2) is 0 Å². The molecule has 0 unspecified atom stereocenters. The Hall–Kier alpha value is -2.14. The van der Waals surface area contributed by atoms with Crippen molar-refractivity contribution in [3.63, 3.8) is 0 Å². The maximum atomic E-state index is 13.1. The molecule has 0 fully saturated rings. The number of hydrogen-bond acceptors (Lipinski definition) is 4. The first kappa shape index (κ1) is 20.2. The van der Waals surface area contributed by atoms with Crippen LogP contribution in [0.2, 0.25) is 0 Å². The highest BCUT2D eigenvalue weighted by molar-refractivity contribution is 6.35. The third kappa shape index (κ3) is 4.15. The number of benzene rings is 1. The first-order valence-corrected chi connectivity index (χ1v) is 9.42. The summed E-state index contributed by atoms with van der Waals surface area (Å²) in [5, 5.41) is 9.29. The number of aliphatic hydroxyl groups is 1. The molecule has 0 spiro atoms. The summed E-state index contributed by atoms with van der Waals surface area (Å²) in [6, 6.07) is 5.90. The first-order chi connectivity index (χ1) is 12.4. The van der Waals surface area contributed by atoms with Gasteiger partial charge in [-0.3, -0.25) is 14.5 Å². The van der Waals surface area contributed by atoms with Crippen LogP contribution in [0.1, 0.15) is 49.3 Å². The predicted octanol–water partition coefficient (Wildman–Crippen LogP) is 2.89. The van der Waals surface area contributed by atoms with Gasteiger partial charge in [0.15, 0.2) is 0 Å². The summed E-state index contributed by atoms with van der Waals surface area (Å²) in [7, 11) is 1.75. The lowest BCUT2D eigenvalue weighted by Gasteiger charge is -2.20. The van der Waals surface area contributed by atoms with Gasteiger partial charge in [-0.05, 0) is 31.4 Å². The van der Waals surface area contributed by atoms with Crippen LogP contribution in [0.15, 0.2) is 23.9 Å². The van der Waals surface area contributed by atoms with Crippen LogP contribution in [0, 0.1) is 13.8 Å². The van der Waals surface area contributed by atoms with E-state index in [9.17, 15) is 14.7 Å². The Bertz CT molecular complexity index is 709. The molecule has 0 atom stereocenters. The molecule has 0 aromatic heterocycles. The third-order valence-electron chi connectivity index (χ3n) is 4.85. The number of imide groups is 1. The van der Waals surface area contributed by atoms with Crippen LogP contribution < -0.4 is 0 Å². The molecule has 0 bridgehead atoms. The number of unbranched alkanes of at least 4 members (excludes halogenated alkanes) is 3. The van der Waals surface area contributed by atoms with Crippen molar-refractivity contribution < 1.29 is 14.7 Å². The van der Waals surface area contributed by atoms with Crippen molar-refractivity contribution >= 4 is 17.4 Å². The minimum atomic E-state index is -0.252. The molecule has 0 saturated carbocycles. The van der Waals surface area contributed by atoms with Crippen molar-refractivity contribution in [3.8, 4) is 0 Å². The summed E-state index contributed by atoms with van der Waals surface area (Å²) in [6.45, 7) is 6.79. The maximum Gasteiger partial charge on any atom is 0.277 e. The summed E-state index contributed by atoms with van der Waals surface area (Å²) < 4.78 is 0. The van der Waals surface area contributed by atoms with E-state index >= 15 is 0 Å². The average Bonchev–Trinajstić information content (AvgIpc) is 2.83. The molecule has 26 heavy (non-hydrogen) atoms. The molecule has 1 N–H and O–H groups in total. The molecular formula is C21H30N2O3. The number of carbonyl (C=O) groups excluding carboxylic acids is 2. The van der Waals surface area contributed by atoms with Gasteiger partial charge in [-0.2, -0.15) is 0 Å². The number of amides is 2. The van der Waals surface area contributed by atoms with E-state index in [0.29, 0.717) is 24.4 Å². The van der Waals surface area contributed by atoms with Gasteiger partial charge in [0.05, 0.1) is 12.2 Å². The molecule has 1 heterocycles. The molecule has 2 amide bonds. The third-order valence-corrected chi connectivity index (χ3v) is 4.85. The second kappa shape index (κ2) is 8.99. The van der Waals surface area contributed by atoms with Crippen LogP contribution in [0.5, 0.6) is 0 Å². The zero-order chi connectivity index (χ0) is 19.3. The summed E-state index contributed by atoms with van der Waals surface area (Å²) in [5.41, 5.74) is 3.74. The Morgan fingerprint density at radius 2 is 1.81 bits per heavy atom. The molecule has 1 aromatic rings. The normalized spacial score (nSPS) is 14.6. The Morgan fingerprint density at radius 1 is 1.08 bits per heavy atom. The molecule has 0 radical (unpaired) electrons. The summed E-state index contributed by atoms with van der Waals surface area (Å²) >= 11 is 0. The monoisotopic (exact) mass is 358 g/mol. The van der Waals surface area contributed by atoms with Crippen LogP contribution in [-0.4, -0.2) is 53.5 Å². The quantitative estimate of drug-likeness (QED) is 0.545. The second-order valence-electron chi connectivity index (χ2n) is 7.01. The Morgan fingerprint density at radius 3 is 2.42 bits per heavy atom. The molecule has 1 aliphatic heterocycles. The van der Waals surface area contributed by atoms with Gasteiger partial charge in [0.25, 0.3) is 11.8 Å². The van der Waals surface area contributed by atoms with E-state index < -0.39 is 0 Å². The zero-order valence-corrected chi connectivity index (χ0v) is 16.3. The van der Waals surface area contributed by atoms with Crippen molar-refractivity contribution in [2.24, 2.45) is 0 Å². The van der Waals surface area contributed by atoms with Crippen LogP contribution in [0.3, 0.4) is 0 Å². The molecule has 1 aromatic carbocycles. The van der Waals surface area contributed by atoms with Crippen molar-refractivity contribution in [2.45, 2.75) is 46.5 Å². The van der Waals surface area contributed by atoms with Crippen LogP contribution in [0.25, 0.3) is 5.57 Å². The fourth-order valence-electron chi connectivity index (χ4n) is 3.42. The van der Waals surface area contributed by atoms with E-state index in [1.54, 1.807) is 11.9 Å². The highest BCUT2D eigenvalue weighted by Gasteiger charge is 2.40. The maximum absolute atomic E-state index is 13.1. The van der Waals surface area contributed by atoms with E-state index in [4.69, 9.17) is 0 Å². The molecule has 0 aliphatic carbocycles. The summed E-state index contributed by atoms with van der Waals surface area (Å²) in [5.74, 6) is -0.476. The first-order valence-electron chi connectivity index (χ1n) is 9.42. The predicted molar refractivity (Wildman–Crippen MR) is 103 cm³/mol. The van der Waals surface area contributed by atoms with Gasteiger partial charge in [-0.15, -0.1) is 0 Å². The van der Waals surface area contributed by atoms with E-state index in [2.05, 4.69) is 6.92 Å². The van der Waals surface area contributed by atoms with Crippen molar-refractivity contribution in [1.29, 1.82) is 0 Å². The molecule has 5 nitrogen and oxygen atoms in total. The zero-order valence-electron chi connectivity index (χ0n) is 16.3. The Labute approximate surface area is 156 Å². The molecule has 5 heteroatoms. The summed E-state index contributed by atoms with van der Waals surface area (Å²) in [4.78, 5) is 29.1. The number of hydrogen-bond donors (Lipinski definition) is 1. The number of nitrogens with zero attached hydrogens (tertiary/aromatic N) is 2. The van der Waals surface area contributed by atoms with Crippen LogP contribution in [-0.2, 0) is 9.59 Å². The van der Waals surface area contributed by atoms with Crippen molar-refractivity contribution in [2.75, 3.05) is 26.7 Å². The van der Waals surface area contributed by atoms with Crippen LogP contribution >= 0.6 is 0 Å². The van der Waals surface area contributed by atoms with Crippen molar-refractivity contribution in [1.82, 2.24) is 9.80 Å². The Balaban J connectivity index is 2.40. The number of rotatable bonds is 9. The van der Waals surface area contributed by atoms with Crippen molar-refractivity contribution in [3.05, 3.63) is 40.6 Å². The largest absolute Gasteiger partial charge is 0.395 e. The SMILES string of the molecule is CCCCCCN1C(=O)C(c2ccc(C)cc2C)=C(N(C)CCO)C1=O. The van der Waals surface area contributed by atoms with Gasteiger partial charge in [0.1, 0.15) is 5.70 Å². The lowest BCUT2D eigenvalue weighted by molar-refractivity contribution is -0.137. The smallest absolute Gasteiger partial charge is 0.277 e. The molecular weight excluding hydrogens is 328 g/mol. The number of aryl methyl sites for hydroxylation is 2. The molecule has 2 rings (SSSR count). The van der Waals surface area contributed by atoms with E-state index in [1.165, 1.54) is 4.90 Å². The molecule has 1 aliphatic rings. The number of likely N-dealkylation sites (N-methyl/N-ethyl adjacent to an activating group) is 1. The summed E-state index contributed by atoms with van der Waals surface area (Å²) in [6.07, 6.45) is 4.04. The topological polar surface area (TPSA) is 60.9 Å².